The fraction of sp³-hybridized carbons (Fsp3) is 0.200. The van der Waals surface area contributed by atoms with Gasteiger partial charge in [-0.05, 0) is 48.4 Å². The van der Waals surface area contributed by atoms with Crippen LogP contribution in [0.5, 0.6) is 17.2 Å². The van der Waals surface area contributed by atoms with E-state index in [4.69, 9.17) is 9.47 Å². The second-order valence-corrected chi connectivity index (χ2v) is 5.83. The number of hydrogen-bond donors (Lipinski definition) is 3. The summed E-state index contributed by atoms with van der Waals surface area (Å²) >= 11 is 0. The Labute approximate surface area is 157 Å². The van der Waals surface area contributed by atoms with E-state index in [9.17, 15) is 14.7 Å². The maximum atomic E-state index is 12.6. The van der Waals surface area contributed by atoms with E-state index in [-0.39, 0.29) is 17.1 Å². The molecule has 0 bridgehead atoms. The zero-order chi connectivity index (χ0) is 20.0. The van der Waals surface area contributed by atoms with E-state index in [2.05, 4.69) is 10.6 Å². The number of amides is 2. The Balaban J connectivity index is 2.36. The van der Waals surface area contributed by atoms with E-state index in [0.29, 0.717) is 17.1 Å². The molecule has 7 heteroatoms. The highest BCUT2D eigenvalue weighted by molar-refractivity contribution is 6.09. The van der Waals surface area contributed by atoms with Crippen LogP contribution in [0.2, 0.25) is 0 Å². The highest BCUT2D eigenvalue weighted by atomic mass is 16.5. The number of phenolic OH excluding ortho intramolecular Hbond substituents is 1. The lowest BCUT2D eigenvalue weighted by atomic mass is 10.1. The minimum absolute atomic E-state index is 0.0237. The third kappa shape index (κ3) is 5.24. The van der Waals surface area contributed by atoms with Crippen LogP contribution in [0, 0.1) is 6.92 Å². The number of carbonyl (C=O) groups is 2. The molecule has 0 unspecified atom stereocenters. The molecule has 3 N–H and O–H groups in total. The lowest BCUT2D eigenvalue weighted by Gasteiger charge is -2.12. The first-order valence-corrected chi connectivity index (χ1v) is 8.16. The average Bonchev–Trinajstić information content (AvgIpc) is 2.63. The molecule has 2 rings (SSSR count). The number of phenols is 1. The summed E-state index contributed by atoms with van der Waals surface area (Å²) in [5, 5.41) is 15.0. The molecule has 0 atom stereocenters. The molecule has 0 heterocycles. The highest BCUT2D eigenvalue weighted by Gasteiger charge is 2.14. The Morgan fingerprint density at radius 1 is 1.04 bits per heavy atom. The predicted octanol–water partition coefficient (Wildman–Crippen LogP) is 2.83. The maximum absolute atomic E-state index is 12.6. The number of ether oxygens (including phenoxy) is 2. The first-order valence-electron chi connectivity index (χ1n) is 8.16. The van der Waals surface area contributed by atoms with Gasteiger partial charge in [0.25, 0.3) is 5.91 Å². The standard InChI is InChI=1S/C20H22N2O5/c1-12-5-7-17(24)15(9-12)22-20(25)16(21-13(2)23)10-14-6-8-18(26-3)19(11-14)27-4/h5-11,24H,1-4H3,(H,21,23)(H,22,25)/b16-10+. The van der Waals surface area contributed by atoms with Crippen LogP contribution >= 0.6 is 0 Å². The summed E-state index contributed by atoms with van der Waals surface area (Å²) in [5.74, 6) is 0.00323. The van der Waals surface area contributed by atoms with E-state index in [1.165, 1.54) is 33.3 Å². The van der Waals surface area contributed by atoms with Gasteiger partial charge in [-0.25, -0.2) is 0 Å². The summed E-state index contributed by atoms with van der Waals surface area (Å²) in [6, 6.07) is 9.94. The number of methoxy groups -OCH3 is 2. The van der Waals surface area contributed by atoms with Gasteiger partial charge >= 0.3 is 0 Å². The molecule has 0 aliphatic heterocycles. The van der Waals surface area contributed by atoms with Crippen molar-refractivity contribution in [3.05, 3.63) is 53.2 Å². The number of rotatable bonds is 6. The Hall–Kier alpha value is -3.48. The fourth-order valence-corrected chi connectivity index (χ4v) is 2.40. The van der Waals surface area contributed by atoms with Crippen LogP contribution in [-0.2, 0) is 9.59 Å². The highest BCUT2D eigenvalue weighted by Crippen LogP contribution is 2.29. The van der Waals surface area contributed by atoms with Gasteiger partial charge in [0.2, 0.25) is 5.91 Å². The Kier molecular flexibility index (Phi) is 6.43. The van der Waals surface area contributed by atoms with Crippen molar-refractivity contribution in [2.75, 3.05) is 19.5 Å². The monoisotopic (exact) mass is 370 g/mol. The molecule has 27 heavy (non-hydrogen) atoms. The topological polar surface area (TPSA) is 96.9 Å². The molecule has 2 aromatic rings. The molecule has 2 amide bonds. The largest absolute Gasteiger partial charge is 0.506 e. The van der Waals surface area contributed by atoms with Crippen LogP contribution in [-0.4, -0.2) is 31.1 Å². The van der Waals surface area contributed by atoms with Gasteiger partial charge in [0, 0.05) is 6.92 Å². The molecule has 0 fully saturated rings. The van der Waals surface area contributed by atoms with Crippen LogP contribution in [0.15, 0.2) is 42.1 Å². The molecule has 0 aliphatic carbocycles. The number of hydrogen-bond acceptors (Lipinski definition) is 5. The quantitative estimate of drug-likeness (QED) is 0.537. The number of aromatic hydroxyl groups is 1. The summed E-state index contributed by atoms with van der Waals surface area (Å²) in [4.78, 5) is 24.2. The molecular weight excluding hydrogens is 348 g/mol. The molecule has 142 valence electrons. The van der Waals surface area contributed by atoms with Crippen molar-refractivity contribution >= 4 is 23.6 Å². The smallest absolute Gasteiger partial charge is 0.272 e. The minimum atomic E-state index is -0.569. The Morgan fingerprint density at radius 3 is 2.37 bits per heavy atom. The van der Waals surface area contributed by atoms with Crippen LogP contribution in [0.4, 0.5) is 5.69 Å². The molecule has 0 aliphatic rings. The van der Waals surface area contributed by atoms with Gasteiger partial charge < -0.3 is 25.2 Å². The normalized spacial score (nSPS) is 10.9. The summed E-state index contributed by atoms with van der Waals surface area (Å²) in [5.41, 5.74) is 1.77. The molecule has 0 radical (unpaired) electrons. The van der Waals surface area contributed by atoms with Gasteiger partial charge in [0.05, 0.1) is 19.9 Å². The van der Waals surface area contributed by atoms with Gasteiger partial charge in [-0.1, -0.05) is 12.1 Å². The fourth-order valence-electron chi connectivity index (χ4n) is 2.40. The number of nitrogens with one attached hydrogen (secondary N) is 2. The lowest BCUT2D eigenvalue weighted by molar-refractivity contribution is -0.120. The van der Waals surface area contributed by atoms with E-state index in [1.54, 1.807) is 30.3 Å². The van der Waals surface area contributed by atoms with Gasteiger partial charge in [-0.3, -0.25) is 9.59 Å². The van der Waals surface area contributed by atoms with E-state index in [1.807, 2.05) is 6.92 Å². The predicted molar refractivity (Wildman–Crippen MR) is 103 cm³/mol. The SMILES string of the molecule is COc1ccc(/C=C(/NC(C)=O)C(=O)Nc2cc(C)ccc2O)cc1OC. The first-order chi connectivity index (χ1) is 12.8. The van der Waals surface area contributed by atoms with Crippen molar-refractivity contribution in [3.63, 3.8) is 0 Å². The van der Waals surface area contributed by atoms with Crippen molar-refractivity contribution in [3.8, 4) is 17.2 Å². The first kappa shape index (κ1) is 19.8. The summed E-state index contributed by atoms with van der Waals surface area (Å²) in [6.07, 6.45) is 1.51. The third-order valence-corrected chi connectivity index (χ3v) is 3.67. The van der Waals surface area contributed by atoms with Crippen molar-refractivity contribution in [1.29, 1.82) is 0 Å². The van der Waals surface area contributed by atoms with Gasteiger partial charge in [-0.2, -0.15) is 0 Å². The second-order valence-electron chi connectivity index (χ2n) is 5.83. The second kappa shape index (κ2) is 8.75. The zero-order valence-corrected chi connectivity index (χ0v) is 15.6. The molecule has 7 nitrogen and oxygen atoms in total. The molecule has 0 spiro atoms. The Bertz CT molecular complexity index is 890. The molecule has 0 saturated carbocycles. The van der Waals surface area contributed by atoms with Gasteiger partial charge in [0.15, 0.2) is 11.5 Å². The molecule has 0 aromatic heterocycles. The van der Waals surface area contributed by atoms with E-state index >= 15 is 0 Å². The number of benzene rings is 2. The van der Waals surface area contributed by atoms with Crippen LogP contribution in [0.1, 0.15) is 18.1 Å². The van der Waals surface area contributed by atoms with Crippen molar-refractivity contribution < 1.29 is 24.2 Å². The van der Waals surface area contributed by atoms with Gasteiger partial charge in [0.1, 0.15) is 11.4 Å². The van der Waals surface area contributed by atoms with Gasteiger partial charge in [-0.15, -0.1) is 0 Å². The van der Waals surface area contributed by atoms with Crippen LogP contribution in [0.3, 0.4) is 0 Å². The Morgan fingerprint density at radius 2 is 1.74 bits per heavy atom. The van der Waals surface area contributed by atoms with Crippen molar-refractivity contribution in [1.82, 2.24) is 5.32 Å². The molecule has 0 saturated heterocycles. The molecule has 2 aromatic carbocycles. The minimum Gasteiger partial charge on any atom is -0.506 e. The van der Waals surface area contributed by atoms with E-state index < -0.39 is 11.8 Å². The maximum Gasteiger partial charge on any atom is 0.272 e. The van der Waals surface area contributed by atoms with Crippen LogP contribution < -0.4 is 20.1 Å². The average molecular weight is 370 g/mol. The molecular formula is C20H22N2O5. The van der Waals surface area contributed by atoms with Crippen LogP contribution in [0.25, 0.3) is 6.08 Å². The lowest BCUT2D eigenvalue weighted by Crippen LogP contribution is -2.29. The zero-order valence-electron chi connectivity index (χ0n) is 15.6. The van der Waals surface area contributed by atoms with Crippen molar-refractivity contribution in [2.24, 2.45) is 0 Å². The number of carbonyl (C=O) groups excluding carboxylic acids is 2. The van der Waals surface area contributed by atoms with Crippen molar-refractivity contribution in [2.45, 2.75) is 13.8 Å². The van der Waals surface area contributed by atoms with E-state index in [0.717, 1.165) is 5.56 Å². The summed E-state index contributed by atoms with van der Waals surface area (Å²) in [7, 11) is 3.03. The number of anilines is 1. The third-order valence-electron chi connectivity index (χ3n) is 3.67. The number of aryl methyl sites for hydroxylation is 1. The summed E-state index contributed by atoms with van der Waals surface area (Å²) in [6.45, 7) is 3.14. The summed E-state index contributed by atoms with van der Waals surface area (Å²) < 4.78 is 10.4.